The summed E-state index contributed by atoms with van der Waals surface area (Å²) in [6, 6.07) is 7.03. The average Bonchev–Trinajstić information content (AvgIpc) is 3.18. The highest BCUT2D eigenvalue weighted by atomic mass is 32.2. The van der Waals surface area contributed by atoms with E-state index in [0.29, 0.717) is 28.5 Å². The van der Waals surface area contributed by atoms with Crippen LogP contribution >= 0.6 is 11.8 Å². The fourth-order valence-electron chi connectivity index (χ4n) is 3.09. The van der Waals surface area contributed by atoms with Crippen LogP contribution in [0.15, 0.2) is 30.6 Å². The molecule has 0 atom stereocenters. The van der Waals surface area contributed by atoms with Crippen molar-refractivity contribution >= 4 is 40.8 Å². The standard InChI is InChI=1S/C20H22N8O3S/c1-21-20(30)16-14(7-15(25-26-16)24-19(29)11-8-32-9-11)23-13-6-4-5-12(17(13)31-3)18-22-10-28(2)27-18/h4-7,10-11H,8-9H2,1-3H3,(H,21,30)(H2,23,24,25,29). The predicted molar refractivity (Wildman–Crippen MR) is 121 cm³/mol. The number of methoxy groups -OCH3 is 1. The number of hydrogen-bond acceptors (Lipinski definition) is 9. The van der Waals surface area contributed by atoms with E-state index in [9.17, 15) is 9.59 Å². The van der Waals surface area contributed by atoms with Gasteiger partial charge in [-0.25, -0.2) is 4.98 Å². The Labute approximate surface area is 188 Å². The van der Waals surface area contributed by atoms with Gasteiger partial charge < -0.3 is 20.7 Å². The van der Waals surface area contributed by atoms with Crippen molar-refractivity contribution in [1.82, 2.24) is 30.3 Å². The molecule has 4 rings (SSSR count). The molecule has 3 N–H and O–H groups in total. The third kappa shape index (κ3) is 4.35. The molecule has 1 aliphatic rings. The Morgan fingerprint density at radius 1 is 1.22 bits per heavy atom. The molecule has 0 spiro atoms. The third-order valence-electron chi connectivity index (χ3n) is 4.83. The second-order valence-corrected chi connectivity index (χ2v) is 8.12. The summed E-state index contributed by atoms with van der Waals surface area (Å²) in [4.78, 5) is 29.0. The van der Waals surface area contributed by atoms with Crippen LogP contribution in [-0.4, -0.2) is 62.4 Å². The number of amides is 2. The number of carbonyl (C=O) groups excluding carboxylic acids is 2. The second-order valence-electron chi connectivity index (χ2n) is 7.05. The Hall–Kier alpha value is -3.67. The predicted octanol–water partition coefficient (Wildman–Crippen LogP) is 1.69. The van der Waals surface area contributed by atoms with E-state index in [2.05, 4.69) is 36.2 Å². The number of aryl methyl sites for hydroxylation is 1. The van der Waals surface area contributed by atoms with Crippen LogP contribution in [-0.2, 0) is 11.8 Å². The number of hydrogen-bond donors (Lipinski definition) is 3. The first-order chi connectivity index (χ1) is 15.5. The van der Waals surface area contributed by atoms with Gasteiger partial charge in [0, 0.05) is 31.7 Å². The molecule has 2 aromatic heterocycles. The number of anilines is 3. The molecule has 0 radical (unpaired) electrons. The molecule has 1 aromatic carbocycles. The lowest BCUT2D eigenvalue weighted by atomic mass is 10.1. The molecule has 2 amide bonds. The van der Waals surface area contributed by atoms with Gasteiger partial charge >= 0.3 is 0 Å². The van der Waals surface area contributed by atoms with Crippen LogP contribution in [0.4, 0.5) is 17.2 Å². The Kier molecular flexibility index (Phi) is 6.21. The summed E-state index contributed by atoms with van der Waals surface area (Å²) in [5, 5.41) is 20.9. The number of nitrogens with one attached hydrogen (secondary N) is 3. The number of thioether (sulfide) groups is 1. The summed E-state index contributed by atoms with van der Waals surface area (Å²) >= 11 is 1.72. The fourth-order valence-corrected chi connectivity index (χ4v) is 3.86. The quantitative estimate of drug-likeness (QED) is 0.487. The van der Waals surface area contributed by atoms with Gasteiger partial charge in [0.2, 0.25) is 5.91 Å². The van der Waals surface area contributed by atoms with Gasteiger partial charge in [0.25, 0.3) is 5.91 Å². The van der Waals surface area contributed by atoms with Crippen molar-refractivity contribution in [3.8, 4) is 17.1 Å². The first-order valence-corrected chi connectivity index (χ1v) is 10.9. The van der Waals surface area contributed by atoms with Gasteiger partial charge in [0.15, 0.2) is 23.1 Å². The first-order valence-electron chi connectivity index (χ1n) is 9.78. The van der Waals surface area contributed by atoms with E-state index in [-0.39, 0.29) is 23.3 Å². The van der Waals surface area contributed by atoms with Crippen LogP contribution in [0.1, 0.15) is 10.5 Å². The van der Waals surface area contributed by atoms with E-state index in [1.165, 1.54) is 7.05 Å². The number of aromatic nitrogens is 5. The summed E-state index contributed by atoms with van der Waals surface area (Å²) in [6.45, 7) is 0. The molecule has 166 valence electrons. The molecular formula is C20H22N8O3S. The van der Waals surface area contributed by atoms with Crippen molar-refractivity contribution in [2.24, 2.45) is 13.0 Å². The number of para-hydroxylation sites is 1. The molecule has 11 nitrogen and oxygen atoms in total. The SMILES string of the molecule is CNC(=O)c1nnc(NC(=O)C2CSC2)cc1Nc1cccc(-c2ncn(C)n2)c1OC. The molecule has 1 aliphatic heterocycles. The van der Waals surface area contributed by atoms with Crippen molar-refractivity contribution < 1.29 is 14.3 Å². The van der Waals surface area contributed by atoms with Gasteiger partial charge in [-0.2, -0.15) is 16.9 Å². The normalized spacial score (nSPS) is 13.2. The minimum Gasteiger partial charge on any atom is -0.494 e. The lowest BCUT2D eigenvalue weighted by molar-refractivity contribution is -0.118. The van der Waals surface area contributed by atoms with Crippen molar-refractivity contribution in [1.29, 1.82) is 0 Å². The zero-order valence-electron chi connectivity index (χ0n) is 17.7. The molecule has 3 aromatic rings. The van der Waals surface area contributed by atoms with Crippen molar-refractivity contribution in [2.75, 3.05) is 36.3 Å². The van der Waals surface area contributed by atoms with Gasteiger partial charge in [-0.15, -0.1) is 10.2 Å². The molecule has 0 saturated carbocycles. The Morgan fingerprint density at radius 3 is 2.66 bits per heavy atom. The van der Waals surface area contributed by atoms with Gasteiger partial charge in [-0.3, -0.25) is 14.3 Å². The Bertz CT molecular complexity index is 1160. The topological polar surface area (TPSA) is 136 Å². The van der Waals surface area contributed by atoms with Gasteiger partial charge in [-0.1, -0.05) is 6.07 Å². The Morgan fingerprint density at radius 2 is 2.03 bits per heavy atom. The van der Waals surface area contributed by atoms with Gasteiger partial charge in [-0.05, 0) is 12.1 Å². The fraction of sp³-hybridized carbons (Fsp3) is 0.300. The number of carbonyl (C=O) groups is 2. The van der Waals surface area contributed by atoms with E-state index in [1.54, 1.807) is 49.1 Å². The molecule has 3 heterocycles. The molecule has 12 heteroatoms. The number of rotatable bonds is 7. The van der Waals surface area contributed by atoms with Crippen LogP contribution in [0, 0.1) is 5.92 Å². The van der Waals surface area contributed by atoms with Crippen LogP contribution in [0.2, 0.25) is 0 Å². The van der Waals surface area contributed by atoms with Crippen molar-refractivity contribution in [3.05, 3.63) is 36.3 Å². The number of ether oxygens (including phenoxy) is 1. The van der Waals surface area contributed by atoms with Gasteiger partial charge in [0.05, 0.1) is 30.0 Å². The zero-order valence-corrected chi connectivity index (χ0v) is 18.6. The van der Waals surface area contributed by atoms with Crippen LogP contribution in [0.25, 0.3) is 11.4 Å². The van der Waals surface area contributed by atoms with Crippen LogP contribution < -0.4 is 20.7 Å². The minimum absolute atomic E-state index is 0.0422. The average molecular weight is 455 g/mol. The number of nitrogens with zero attached hydrogens (tertiary/aromatic N) is 5. The highest BCUT2D eigenvalue weighted by Crippen LogP contribution is 2.37. The van der Waals surface area contributed by atoms with Crippen LogP contribution in [0.5, 0.6) is 5.75 Å². The van der Waals surface area contributed by atoms with E-state index in [0.717, 1.165) is 11.5 Å². The maximum absolute atomic E-state index is 12.4. The largest absolute Gasteiger partial charge is 0.494 e. The molecule has 1 saturated heterocycles. The van der Waals surface area contributed by atoms with Crippen LogP contribution in [0.3, 0.4) is 0 Å². The molecule has 32 heavy (non-hydrogen) atoms. The Balaban J connectivity index is 1.69. The van der Waals surface area contributed by atoms with E-state index >= 15 is 0 Å². The third-order valence-corrected chi connectivity index (χ3v) is 6.10. The van der Waals surface area contributed by atoms with Gasteiger partial charge in [0.1, 0.15) is 6.33 Å². The molecule has 0 aliphatic carbocycles. The van der Waals surface area contributed by atoms with Crippen molar-refractivity contribution in [2.45, 2.75) is 0 Å². The number of benzene rings is 1. The van der Waals surface area contributed by atoms with E-state index in [1.807, 2.05) is 12.1 Å². The maximum Gasteiger partial charge on any atom is 0.273 e. The van der Waals surface area contributed by atoms with E-state index < -0.39 is 5.91 Å². The molecule has 0 bridgehead atoms. The summed E-state index contributed by atoms with van der Waals surface area (Å²) in [6.07, 6.45) is 1.60. The second kappa shape index (κ2) is 9.22. The first kappa shape index (κ1) is 21.6. The smallest absolute Gasteiger partial charge is 0.273 e. The molecule has 0 unspecified atom stereocenters. The molecular weight excluding hydrogens is 432 g/mol. The lowest BCUT2D eigenvalue weighted by Gasteiger charge is -2.23. The summed E-state index contributed by atoms with van der Waals surface area (Å²) < 4.78 is 7.23. The maximum atomic E-state index is 12.4. The minimum atomic E-state index is -0.421. The van der Waals surface area contributed by atoms with E-state index in [4.69, 9.17) is 4.74 Å². The van der Waals surface area contributed by atoms with Crippen molar-refractivity contribution in [3.63, 3.8) is 0 Å². The monoisotopic (exact) mass is 454 g/mol. The zero-order chi connectivity index (χ0) is 22.7. The molecule has 1 fully saturated rings. The summed E-state index contributed by atoms with van der Waals surface area (Å²) in [5.41, 5.74) is 1.69. The highest BCUT2D eigenvalue weighted by molar-refractivity contribution is 8.00. The summed E-state index contributed by atoms with van der Waals surface area (Å²) in [5.74, 6) is 2.24. The lowest BCUT2D eigenvalue weighted by Crippen LogP contribution is -2.33. The highest BCUT2D eigenvalue weighted by Gasteiger charge is 2.27. The summed E-state index contributed by atoms with van der Waals surface area (Å²) in [7, 11) is 4.83.